The first kappa shape index (κ1) is 21.2. The average molecular weight is 405 g/mol. The summed E-state index contributed by atoms with van der Waals surface area (Å²) < 4.78 is 10.1. The molecule has 0 radical (unpaired) electrons. The summed E-state index contributed by atoms with van der Waals surface area (Å²) in [6, 6.07) is 9.91. The molecule has 0 spiro atoms. The van der Waals surface area contributed by atoms with Crippen molar-refractivity contribution in [2.75, 3.05) is 18.5 Å². The molecule has 0 aromatic heterocycles. The van der Waals surface area contributed by atoms with Crippen molar-refractivity contribution in [3.8, 4) is 5.75 Å². The van der Waals surface area contributed by atoms with Crippen LogP contribution in [0.3, 0.4) is 0 Å². The normalized spacial score (nSPS) is 10.1. The van der Waals surface area contributed by atoms with E-state index in [0.717, 1.165) is 16.7 Å². The Kier molecular flexibility index (Phi) is 7.40. The third-order valence-corrected chi connectivity index (χ3v) is 3.99. The van der Waals surface area contributed by atoms with Gasteiger partial charge in [0.25, 0.3) is 5.91 Å². The Morgan fingerprint density at radius 2 is 1.64 bits per heavy atom. The first-order chi connectivity index (χ1) is 13.2. The topological polar surface area (TPSA) is 93.7 Å². The molecule has 3 amide bonds. The van der Waals surface area contributed by atoms with Crippen molar-refractivity contribution >= 4 is 35.2 Å². The molecule has 0 aliphatic heterocycles. The molecule has 2 N–H and O–H groups in total. The molecule has 2 rings (SSSR count). The van der Waals surface area contributed by atoms with Crippen LogP contribution in [-0.4, -0.2) is 31.1 Å². The third-order valence-electron chi connectivity index (χ3n) is 3.68. The summed E-state index contributed by atoms with van der Waals surface area (Å²) in [5.41, 5.74) is 3.42. The van der Waals surface area contributed by atoms with E-state index >= 15 is 0 Å². The fourth-order valence-corrected chi connectivity index (χ4v) is 2.49. The fraction of sp³-hybridized carbons (Fsp3) is 0.250. The van der Waals surface area contributed by atoms with Crippen LogP contribution in [0.25, 0.3) is 0 Å². The van der Waals surface area contributed by atoms with Gasteiger partial charge in [-0.15, -0.1) is 0 Å². The van der Waals surface area contributed by atoms with Crippen molar-refractivity contribution in [2.45, 2.75) is 20.8 Å². The lowest BCUT2D eigenvalue weighted by Crippen LogP contribution is -2.37. The Morgan fingerprint density at radius 1 is 0.964 bits per heavy atom. The number of esters is 1. The van der Waals surface area contributed by atoms with Crippen LogP contribution in [0.5, 0.6) is 5.75 Å². The number of ether oxygens (including phenoxy) is 2. The number of carbonyl (C=O) groups excluding carboxylic acids is 3. The zero-order chi connectivity index (χ0) is 20.7. The molecule has 0 saturated carbocycles. The Hall–Kier alpha value is -3.06. The Bertz CT molecular complexity index is 898. The van der Waals surface area contributed by atoms with Crippen LogP contribution in [0.2, 0.25) is 5.02 Å². The summed E-state index contributed by atoms with van der Waals surface area (Å²) in [6.07, 6.45) is 0. The number of hydrogen-bond donors (Lipinski definition) is 2. The SMILES string of the molecule is Cc1ccc(NC(=O)NC(=O)COC(=O)COc2cc(C)ccc2Cl)c(C)c1. The smallest absolute Gasteiger partial charge is 0.344 e. The lowest BCUT2D eigenvalue weighted by Gasteiger charge is -2.11. The highest BCUT2D eigenvalue weighted by molar-refractivity contribution is 6.32. The number of hydrogen-bond acceptors (Lipinski definition) is 5. The summed E-state index contributed by atoms with van der Waals surface area (Å²) >= 11 is 5.96. The van der Waals surface area contributed by atoms with Gasteiger partial charge < -0.3 is 14.8 Å². The van der Waals surface area contributed by atoms with Crippen LogP contribution in [-0.2, 0) is 14.3 Å². The average Bonchev–Trinajstić information content (AvgIpc) is 2.63. The number of halogens is 1. The number of urea groups is 1. The number of amides is 3. The van der Waals surface area contributed by atoms with E-state index in [1.807, 2.05) is 32.9 Å². The highest BCUT2D eigenvalue weighted by atomic mass is 35.5. The maximum absolute atomic E-state index is 11.9. The molecule has 8 heteroatoms. The van der Waals surface area contributed by atoms with Crippen LogP contribution < -0.4 is 15.4 Å². The molecule has 0 fully saturated rings. The molecule has 0 unspecified atom stereocenters. The zero-order valence-electron chi connectivity index (χ0n) is 15.8. The number of nitrogens with one attached hydrogen (secondary N) is 2. The minimum atomic E-state index is -0.762. The number of benzene rings is 2. The molecule has 0 atom stereocenters. The van der Waals surface area contributed by atoms with Crippen molar-refractivity contribution in [3.63, 3.8) is 0 Å². The monoisotopic (exact) mass is 404 g/mol. The molecule has 148 valence electrons. The van der Waals surface area contributed by atoms with Crippen molar-refractivity contribution in [3.05, 3.63) is 58.1 Å². The van der Waals surface area contributed by atoms with Gasteiger partial charge in [-0.25, -0.2) is 9.59 Å². The maximum atomic E-state index is 11.9. The lowest BCUT2D eigenvalue weighted by molar-refractivity contribution is -0.150. The first-order valence-electron chi connectivity index (χ1n) is 8.47. The number of anilines is 1. The van der Waals surface area contributed by atoms with Gasteiger partial charge in [0.1, 0.15) is 5.75 Å². The number of rotatable bonds is 6. The number of imide groups is 1. The van der Waals surface area contributed by atoms with Crippen LogP contribution >= 0.6 is 11.6 Å². The van der Waals surface area contributed by atoms with E-state index < -0.39 is 31.1 Å². The standard InChI is InChI=1S/C20H21ClN2O5/c1-12-5-7-16(14(3)8-12)22-20(26)23-18(24)10-28-19(25)11-27-17-9-13(2)4-6-15(17)21/h4-9H,10-11H2,1-3H3,(H2,22,23,24,26). The molecule has 0 aliphatic rings. The predicted octanol–water partition coefficient (Wildman–Crippen LogP) is 3.54. The molecule has 0 bridgehead atoms. The Morgan fingerprint density at radius 3 is 2.36 bits per heavy atom. The molecule has 2 aromatic rings. The molecular weight excluding hydrogens is 384 g/mol. The van der Waals surface area contributed by atoms with Gasteiger partial charge in [-0.1, -0.05) is 35.4 Å². The molecule has 0 heterocycles. The predicted molar refractivity (Wildman–Crippen MR) is 106 cm³/mol. The van der Waals surface area contributed by atoms with Gasteiger partial charge in [0.2, 0.25) is 0 Å². The quantitative estimate of drug-likeness (QED) is 0.718. The molecule has 7 nitrogen and oxygen atoms in total. The van der Waals surface area contributed by atoms with Crippen LogP contribution in [0.15, 0.2) is 36.4 Å². The second-order valence-corrected chi connectivity index (χ2v) is 6.61. The third kappa shape index (κ3) is 6.59. The molecule has 2 aromatic carbocycles. The molecule has 0 saturated heterocycles. The molecule has 0 aliphatic carbocycles. The number of carbonyl (C=O) groups is 3. The summed E-state index contributed by atoms with van der Waals surface area (Å²) in [7, 11) is 0. The molecular formula is C20H21ClN2O5. The Labute approximate surface area is 168 Å². The van der Waals surface area contributed by atoms with Gasteiger partial charge in [-0.05, 0) is 50.1 Å². The second kappa shape index (κ2) is 9.75. The van der Waals surface area contributed by atoms with Gasteiger partial charge in [-0.3, -0.25) is 10.1 Å². The Balaban J connectivity index is 1.74. The van der Waals surface area contributed by atoms with Crippen LogP contribution in [0.4, 0.5) is 10.5 Å². The maximum Gasteiger partial charge on any atom is 0.344 e. The van der Waals surface area contributed by atoms with Crippen molar-refractivity contribution in [1.82, 2.24) is 5.32 Å². The summed E-state index contributed by atoms with van der Waals surface area (Å²) in [4.78, 5) is 35.3. The van der Waals surface area contributed by atoms with E-state index in [-0.39, 0.29) is 0 Å². The van der Waals surface area contributed by atoms with Gasteiger partial charge in [0, 0.05) is 5.69 Å². The van der Waals surface area contributed by atoms with Crippen LogP contribution in [0.1, 0.15) is 16.7 Å². The van der Waals surface area contributed by atoms with E-state index in [4.69, 9.17) is 21.1 Å². The highest BCUT2D eigenvalue weighted by Crippen LogP contribution is 2.25. The van der Waals surface area contributed by atoms with E-state index in [1.165, 1.54) is 0 Å². The van der Waals surface area contributed by atoms with Gasteiger partial charge in [-0.2, -0.15) is 0 Å². The van der Waals surface area contributed by atoms with Crippen molar-refractivity contribution in [2.24, 2.45) is 0 Å². The molecule has 28 heavy (non-hydrogen) atoms. The highest BCUT2D eigenvalue weighted by Gasteiger charge is 2.13. The van der Waals surface area contributed by atoms with E-state index in [0.29, 0.717) is 16.5 Å². The van der Waals surface area contributed by atoms with Gasteiger partial charge in [0.05, 0.1) is 5.02 Å². The van der Waals surface area contributed by atoms with E-state index in [9.17, 15) is 14.4 Å². The zero-order valence-corrected chi connectivity index (χ0v) is 16.6. The number of aryl methyl sites for hydroxylation is 3. The summed E-state index contributed by atoms with van der Waals surface area (Å²) in [6.45, 7) is 4.61. The summed E-state index contributed by atoms with van der Waals surface area (Å²) in [5.74, 6) is -1.18. The second-order valence-electron chi connectivity index (χ2n) is 6.20. The first-order valence-corrected chi connectivity index (χ1v) is 8.85. The van der Waals surface area contributed by atoms with Crippen molar-refractivity contribution < 1.29 is 23.9 Å². The lowest BCUT2D eigenvalue weighted by atomic mass is 10.1. The van der Waals surface area contributed by atoms with E-state index in [1.54, 1.807) is 24.3 Å². The van der Waals surface area contributed by atoms with Gasteiger partial charge >= 0.3 is 12.0 Å². The van der Waals surface area contributed by atoms with Crippen LogP contribution in [0, 0.1) is 20.8 Å². The minimum absolute atomic E-state index is 0.343. The largest absolute Gasteiger partial charge is 0.480 e. The van der Waals surface area contributed by atoms with E-state index in [2.05, 4.69) is 10.6 Å². The van der Waals surface area contributed by atoms with Crippen molar-refractivity contribution in [1.29, 1.82) is 0 Å². The fourth-order valence-electron chi connectivity index (χ4n) is 2.32. The minimum Gasteiger partial charge on any atom is -0.480 e. The van der Waals surface area contributed by atoms with Gasteiger partial charge in [0.15, 0.2) is 13.2 Å². The summed E-state index contributed by atoms with van der Waals surface area (Å²) in [5, 5.41) is 5.01.